The average Bonchev–Trinajstić information content (AvgIpc) is 3.35. The summed E-state index contributed by atoms with van der Waals surface area (Å²) < 4.78 is 16.8. The van der Waals surface area contributed by atoms with Crippen molar-refractivity contribution in [2.24, 2.45) is 0 Å². The van der Waals surface area contributed by atoms with Crippen molar-refractivity contribution in [2.75, 3.05) is 13.2 Å². The molecule has 0 aliphatic carbocycles. The lowest BCUT2D eigenvalue weighted by Crippen LogP contribution is -2.30. The Morgan fingerprint density at radius 3 is 0.942 bits per heavy atom. The van der Waals surface area contributed by atoms with Gasteiger partial charge in [0.05, 0.1) is 0 Å². The van der Waals surface area contributed by atoms with Crippen molar-refractivity contribution in [3.63, 3.8) is 0 Å². The normalized spacial score (nSPS) is 12.8. The first-order valence-electron chi connectivity index (χ1n) is 28.7. The molecular formula is C63H106O6. The second-order valence-corrected chi connectivity index (χ2v) is 18.8. The molecule has 394 valence electrons. The van der Waals surface area contributed by atoms with Crippen molar-refractivity contribution in [1.29, 1.82) is 0 Å². The minimum Gasteiger partial charge on any atom is -0.462 e. The van der Waals surface area contributed by atoms with Gasteiger partial charge in [-0.1, -0.05) is 246 Å². The molecule has 0 N–H and O–H groups in total. The van der Waals surface area contributed by atoms with E-state index in [9.17, 15) is 14.4 Å². The summed E-state index contributed by atoms with van der Waals surface area (Å²) in [6.07, 6.45) is 75.5. The Kier molecular flexibility index (Phi) is 53.9. The van der Waals surface area contributed by atoms with E-state index in [2.05, 4.69) is 118 Å². The molecule has 6 nitrogen and oxygen atoms in total. The maximum absolute atomic E-state index is 12.8. The average molecular weight is 960 g/mol. The van der Waals surface area contributed by atoms with Crippen molar-refractivity contribution < 1.29 is 28.6 Å². The molecule has 0 aromatic heterocycles. The summed E-state index contributed by atoms with van der Waals surface area (Å²) in [5.74, 6) is -0.903. The van der Waals surface area contributed by atoms with Crippen molar-refractivity contribution in [1.82, 2.24) is 0 Å². The Morgan fingerprint density at radius 1 is 0.304 bits per heavy atom. The van der Waals surface area contributed by atoms with Gasteiger partial charge in [-0.3, -0.25) is 14.4 Å². The molecule has 0 aromatic carbocycles. The maximum atomic E-state index is 12.8. The van der Waals surface area contributed by atoms with Crippen molar-refractivity contribution >= 4 is 17.9 Å². The first-order chi connectivity index (χ1) is 34.0. The third kappa shape index (κ3) is 55.1. The molecule has 69 heavy (non-hydrogen) atoms. The van der Waals surface area contributed by atoms with Crippen LogP contribution in [-0.4, -0.2) is 37.2 Å². The third-order valence-electron chi connectivity index (χ3n) is 12.1. The van der Waals surface area contributed by atoms with Gasteiger partial charge in [0.1, 0.15) is 13.2 Å². The van der Waals surface area contributed by atoms with E-state index in [1.54, 1.807) is 0 Å². The highest BCUT2D eigenvalue weighted by Crippen LogP contribution is 2.15. The number of carbonyl (C=O) groups excluding carboxylic acids is 3. The summed E-state index contributed by atoms with van der Waals surface area (Å²) >= 11 is 0. The minimum atomic E-state index is -0.784. The van der Waals surface area contributed by atoms with Gasteiger partial charge in [0.15, 0.2) is 6.10 Å². The van der Waals surface area contributed by atoms with Crippen LogP contribution in [0, 0.1) is 0 Å². The van der Waals surface area contributed by atoms with Crippen molar-refractivity contribution in [2.45, 2.75) is 271 Å². The van der Waals surface area contributed by atoms with Crippen LogP contribution in [0.15, 0.2) is 97.2 Å². The summed E-state index contributed by atoms with van der Waals surface area (Å²) in [6, 6.07) is 0. The monoisotopic (exact) mass is 959 g/mol. The fourth-order valence-electron chi connectivity index (χ4n) is 7.76. The zero-order chi connectivity index (χ0) is 50.0. The fourth-order valence-corrected chi connectivity index (χ4v) is 7.76. The highest BCUT2D eigenvalue weighted by atomic mass is 16.6. The first kappa shape index (κ1) is 65.3. The van der Waals surface area contributed by atoms with Crippen molar-refractivity contribution in [3.8, 4) is 0 Å². The molecule has 0 fully saturated rings. The van der Waals surface area contributed by atoms with Gasteiger partial charge in [-0.15, -0.1) is 0 Å². The van der Waals surface area contributed by atoms with Crippen LogP contribution >= 0.6 is 0 Å². The molecule has 0 amide bonds. The van der Waals surface area contributed by atoms with E-state index in [0.717, 1.165) is 122 Å². The summed E-state index contributed by atoms with van der Waals surface area (Å²) in [5.41, 5.74) is 0. The van der Waals surface area contributed by atoms with E-state index < -0.39 is 6.10 Å². The lowest BCUT2D eigenvalue weighted by Gasteiger charge is -2.18. The molecule has 0 radical (unpaired) electrons. The molecule has 0 saturated heterocycles. The Hall–Kier alpha value is -3.67. The predicted octanol–water partition coefficient (Wildman–Crippen LogP) is 19.3. The van der Waals surface area contributed by atoms with Gasteiger partial charge in [0, 0.05) is 19.3 Å². The Balaban J connectivity index is 4.23. The van der Waals surface area contributed by atoms with E-state index in [1.807, 2.05) is 0 Å². The fraction of sp³-hybridized carbons (Fsp3) is 0.698. The van der Waals surface area contributed by atoms with E-state index in [1.165, 1.54) is 103 Å². The molecule has 0 heterocycles. The summed E-state index contributed by atoms with van der Waals surface area (Å²) in [6.45, 7) is 6.46. The number of hydrogen-bond donors (Lipinski definition) is 0. The van der Waals surface area contributed by atoms with Crippen LogP contribution in [0.3, 0.4) is 0 Å². The van der Waals surface area contributed by atoms with Crippen LogP contribution in [0.4, 0.5) is 0 Å². The first-order valence-corrected chi connectivity index (χ1v) is 28.7. The largest absolute Gasteiger partial charge is 0.462 e. The van der Waals surface area contributed by atoms with E-state index in [4.69, 9.17) is 14.2 Å². The molecule has 0 rings (SSSR count). The van der Waals surface area contributed by atoms with Gasteiger partial charge in [-0.05, 0) is 96.3 Å². The number of hydrogen-bond acceptors (Lipinski definition) is 6. The van der Waals surface area contributed by atoms with Crippen LogP contribution in [0.2, 0.25) is 0 Å². The van der Waals surface area contributed by atoms with Crippen LogP contribution in [0.1, 0.15) is 265 Å². The standard InChI is InChI=1S/C63H106O6/c1-4-7-10-13-16-19-22-23-24-25-26-27-28-29-30-31-32-33-34-35-36-37-38-39-42-44-47-50-53-56-62(65)68-59-60(69-63(66)57-54-51-48-45-41-21-18-15-12-9-6-3)58-67-61(64)55-52-49-46-43-40-20-17-14-11-8-5-2/h7,10,15-16,18-19,23-24,26-27,29-30,32-33,35-36,60H,4-6,8-9,11-14,17,20-22,25,28,31,34,37-59H2,1-3H3/b10-7-,18-15-,19-16-,24-23-,27-26-,30-29-,33-32-,36-35-. The Labute approximate surface area is 426 Å². The Bertz CT molecular complexity index is 1380. The number of esters is 3. The second kappa shape index (κ2) is 56.9. The molecule has 0 aliphatic heterocycles. The quantitative estimate of drug-likeness (QED) is 0.0262. The van der Waals surface area contributed by atoms with Gasteiger partial charge >= 0.3 is 17.9 Å². The van der Waals surface area contributed by atoms with Crippen LogP contribution in [0.5, 0.6) is 0 Å². The number of ether oxygens (including phenoxy) is 3. The van der Waals surface area contributed by atoms with Crippen LogP contribution in [-0.2, 0) is 28.6 Å². The SMILES string of the molecule is CC/C=C\C/C=C\C/C=C\C/C=C\C/C=C\C/C=C\C/C=C\CCCCCCCCCC(=O)OCC(COC(=O)CCCCCCCCCCCCC)OC(=O)CCCCCCC/C=C\CCCC. The summed E-state index contributed by atoms with van der Waals surface area (Å²) in [4.78, 5) is 38.0. The minimum absolute atomic E-state index is 0.0824. The number of allylic oxidation sites excluding steroid dienone is 16. The smallest absolute Gasteiger partial charge is 0.306 e. The van der Waals surface area contributed by atoms with Gasteiger partial charge < -0.3 is 14.2 Å². The van der Waals surface area contributed by atoms with Crippen molar-refractivity contribution in [3.05, 3.63) is 97.2 Å². The van der Waals surface area contributed by atoms with Gasteiger partial charge in [0.2, 0.25) is 0 Å². The van der Waals surface area contributed by atoms with Crippen LogP contribution in [0.25, 0.3) is 0 Å². The third-order valence-corrected chi connectivity index (χ3v) is 12.1. The molecule has 6 heteroatoms. The van der Waals surface area contributed by atoms with E-state index in [-0.39, 0.29) is 31.1 Å². The number of unbranched alkanes of at least 4 members (excludes halogenated alkanes) is 24. The number of carbonyl (C=O) groups is 3. The Morgan fingerprint density at radius 2 is 0.580 bits per heavy atom. The summed E-state index contributed by atoms with van der Waals surface area (Å²) in [7, 11) is 0. The highest BCUT2D eigenvalue weighted by Gasteiger charge is 2.19. The molecular weight excluding hydrogens is 853 g/mol. The molecule has 0 saturated carbocycles. The number of rotatable bonds is 51. The predicted molar refractivity (Wildman–Crippen MR) is 297 cm³/mol. The zero-order valence-electron chi connectivity index (χ0n) is 45.0. The van der Waals surface area contributed by atoms with E-state index >= 15 is 0 Å². The van der Waals surface area contributed by atoms with Gasteiger partial charge in [0.25, 0.3) is 0 Å². The lowest BCUT2D eigenvalue weighted by molar-refractivity contribution is -0.167. The molecule has 0 aromatic rings. The van der Waals surface area contributed by atoms with Gasteiger partial charge in [-0.25, -0.2) is 0 Å². The molecule has 0 spiro atoms. The van der Waals surface area contributed by atoms with Crippen LogP contribution < -0.4 is 0 Å². The van der Waals surface area contributed by atoms with E-state index in [0.29, 0.717) is 19.3 Å². The summed E-state index contributed by atoms with van der Waals surface area (Å²) in [5, 5.41) is 0. The molecule has 0 bridgehead atoms. The maximum Gasteiger partial charge on any atom is 0.306 e. The topological polar surface area (TPSA) is 78.9 Å². The lowest BCUT2D eigenvalue weighted by atomic mass is 10.1. The van der Waals surface area contributed by atoms with Gasteiger partial charge in [-0.2, -0.15) is 0 Å². The second-order valence-electron chi connectivity index (χ2n) is 18.8. The highest BCUT2D eigenvalue weighted by molar-refractivity contribution is 5.71. The zero-order valence-corrected chi connectivity index (χ0v) is 45.0. The molecule has 1 unspecified atom stereocenters. The molecule has 1 atom stereocenters. The molecule has 0 aliphatic rings.